The third kappa shape index (κ3) is 4.07. The molecular weight excluding hydrogens is 398 g/mol. The first-order chi connectivity index (χ1) is 14.5. The third-order valence-corrected chi connectivity index (χ3v) is 5.00. The fourth-order valence-electron chi connectivity index (χ4n) is 3.21. The first-order valence-electron chi connectivity index (χ1n) is 9.42. The second-order valence-corrected chi connectivity index (χ2v) is 7.21. The number of nitrogens with one attached hydrogen (secondary N) is 1. The summed E-state index contributed by atoms with van der Waals surface area (Å²) in [5.74, 6) is 1.13. The molecule has 1 heterocycles. The summed E-state index contributed by atoms with van der Waals surface area (Å²) in [6, 6.07) is 21.0. The molecule has 0 saturated carbocycles. The molecule has 1 N–H and O–H groups in total. The lowest BCUT2D eigenvalue weighted by molar-refractivity contribution is -0.111. The second-order valence-electron chi connectivity index (χ2n) is 6.80. The van der Waals surface area contributed by atoms with Gasteiger partial charge in [-0.15, -0.1) is 0 Å². The number of hydrogen-bond acceptors (Lipinski definition) is 3. The van der Waals surface area contributed by atoms with Gasteiger partial charge in [-0.3, -0.25) is 9.36 Å². The van der Waals surface area contributed by atoms with Gasteiger partial charge < -0.3 is 10.1 Å². The minimum absolute atomic E-state index is 0.283. The molecule has 0 spiro atoms. The number of anilines is 1. The fourth-order valence-corrected chi connectivity index (χ4v) is 3.49. The summed E-state index contributed by atoms with van der Waals surface area (Å²) in [6.45, 7) is 1.95. The predicted octanol–water partition coefficient (Wildman–Crippen LogP) is 5.65. The molecule has 0 radical (unpaired) electrons. The van der Waals surface area contributed by atoms with E-state index in [2.05, 4.69) is 10.3 Å². The monoisotopic (exact) mass is 417 g/mol. The zero-order chi connectivity index (χ0) is 21.1. The van der Waals surface area contributed by atoms with Crippen LogP contribution in [0.2, 0.25) is 5.02 Å². The molecule has 0 fully saturated rings. The van der Waals surface area contributed by atoms with E-state index in [0.717, 1.165) is 28.0 Å². The minimum atomic E-state index is -0.283. The van der Waals surface area contributed by atoms with Crippen molar-refractivity contribution in [1.82, 2.24) is 9.55 Å². The van der Waals surface area contributed by atoms with E-state index in [-0.39, 0.29) is 5.91 Å². The highest BCUT2D eigenvalue weighted by molar-refractivity contribution is 6.33. The van der Waals surface area contributed by atoms with Crippen LogP contribution in [0.25, 0.3) is 22.8 Å². The summed E-state index contributed by atoms with van der Waals surface area (Å²) in [5.41, 5.74) is 4.31. The van der Waals surface area contributed by atoms with Crippen molar-refractivity contribution >= 4 is 40.3 Å². The van der Waals surface area contributed by atoms with E-state index in [0.29, 0.717) is 16.5 Å². The first-order valence-corrected chi connectivity index (χ1v) is 9.80. The number of ether oxygens (including phenoxy) is 1. The van der Waals surface area contributed by atoms with Crippen LogP contribution in [-0.4, -0.2) is 22.6 Å². The van der Waals surface area contributed by atoms with Gasteiger partial charge in [-0.05, 0) is 67.1 Å². The summed E-state index contributed by atoms with van der Waals surface area (Å²) in [6.07, 6.45) is 3.15. The number of aryl methyl sites for hydroxylation is 1. The molecule has 0 aliphatic heterocycles. The van der Waals surface area contributed by atoms with Crippen LogP contribution in [0.1, 0.15) is 11.4 Å². The molecule has 0 bridgehead atoms. The molecule has 4 aromatic rings. The van der Waals surface area contributed by atoms with Gasteiger partial charge in [0, 0.05) is 11.8 Å². The van der Waals surface area contributed by atoms with Crippen molar-refractivity contribution in [3.05, 3.63) is 89.2 Å². The van der Waals surface area contributed by atoms with Gasteiger partial charge in [0.15, 0.2) is 0 Å². The highest BCUT2D eigenvalue weighted by atomic mass is 35.5. The summed E-state index contributed by atoms with van der Waals surface area (Å²) in [7, 11) is 1.63. The van der Waals surface area contributed by atoms with Gasteiger partial charge in [0.05, 0.1) is 28.9 Å². The Morgan fingerprint density at radius 3 is 2.60 bits per heavy atom. The van der Waals surface area contributed by atoms with Crippen LogP contribution in [0, 0.1) is 6.92 Å². The van der Waals surface area contributed by atoms with Gasteiger partial charge >= 0.3 is 0 Å². The van der Waals surface area contributed by atoms with E-state index < -0.39 is 0 Å². The molecule has 0 atom stereocenters. The maximum atomic E-state index is 12.5. The average molecular weight is 418 g/mol. The number of carbonyl (C=O) groups is 1. The molecule has 6 heteroatoms. The molecule has 1 aromatic heterocycles. The average Bonchev–Trinajstić information content (AvgIpc) is 3.13. The molecule has 150 valence electrons. The lowest BCUT2D eigenvalue weighted by Crippen LogP contribution is -2.08. The second kappa shape index (κ2) is 8.43. The van der Waals surface area contributed by atoms with Gasteiger partial charge in [0.2, 0.25) is 5.91 Å². The normalized spacial score (nSPS) is 11.2. The first kappa shape index (κ1) is 19.7. The molecule has 0 saturated heterocycles. The molecule has 1 amide bonds. The van der Waals surface area contributed by atoms with Crippen molar-refractivity contribution < 1.29 is 9.53 Å². The molecule has 0 unspecified atom stereocenters. The number of amides is 1. The molecular formula is C24H20ClN3O2. The van der Waals surface area contributed by atoms with E-state index >= 15 is 0 Å². The Hall–Kier alpha value is -3.57. The highest BCUT2D eigenvalue weighted by Gasteiger charge is 2.11. The molecule has 3 aromatic carbocycles. The Bertz CT molecular complexity index is 1240. The number of rotatable bonds is 5. The number of para-hydroxylation sites is 2. The van der Waals surface area contributed by atoms with Crippen molar-refractivity contribution in [2.45, 2.75) is 6.92 Å². The zero-order valence-electron chi connectivity index (χ0n) is 16.6. The van der Waals surface area contributed by atoms with Crippen molar-refractivity contribution in [2.24, 2.45) is 0 Å². The maximum Gasteiger partial charge on any atom is 0.248 e. The van der Waals surface area contributed by atoms with E-state index in [4.69, 9.17) is 16.3 Å². The van der Waals surface area contributed by atoms with E-state index in [1.807, 2.05) is 72.2 Å². The van der Waals surface area contributed by atoms with Crippen LogP contribution in [0.3, 0.4) is 0 Å². The lowest BCUT2D eigenvalue weighted by Gasteiger charge is -2.08. The number of imidazole rings is 1. The number of nitrogens with zero attached hydrogens (tertiary/aromatic N) is 2. The number of methoxy groups -OCH3 is 1. The van der Waals surface area contributed by atoms with Crippen LogP contribution in [0.15, 0.2) is 72.8 Å². The van der Waals surface area contributed by atoms with E-state index in [1.54, 1.807) is 19.3 Å². The van der Waals surface area contributed by atoms with Crippen LogP contribution < -0.4 is 10.1 Å². The third-order valence-electron chi connectivity index (χ3n) is 4.68. The maximum absolute atomic E-state index is 12.5. The number of halogens is 1. The number of benzene rings is 3. The summed E-state index contributed by atoms with van der Waals surface area (Å²) in [5, 5.41) is 3.31. The van der Waals surface area contributed by atoms with Crippen LogP contribution in [-0.2, 0) is 4.79 Å². The van der Waals surface area contributed by atoms with Crippen molar-refractivity contribution in [3.8, 4) is 11.4 Å². The Labute approximate surface area is 179 Å². The Morgan fingerprint density at radius 1 is 1.10 bits per heavy atom. The largest absolute Gasteiger partial charge is 0.497 e. The topological polar surface area (TPSA) is 56.1 Å². The van der Waals surface area contributed by atoms with Gasteiger partial charge in [0.1, 0.15) is 11.6 Å². The van der Waals surface area contributed by atoms with Crippen LogP contribution in [0.5, 0.6) is 5.75 Å². The number of hydrogen-bond donors (Lipinski definition) is 1. The quantitative estimate of drug-likeness (QED) is 0.427. The van der Waals surface area contributed by atoms with E-state index in [1.165, 1.54) is 6.08 Å². The van der Waals surface area contributed by atoms with Crippen LogP contribution in [0.4, 0.5) is 5.69 Å². The summed E-state index contributed by atoms with van der Waals surface area (Å²) >= 11 is 6.21. The van der Waals surface area contributed by atoms with Gasteiger partial charge in [-0.2, -0.15) is 0 Å². The van der Waals surface area contributed by atoms with Crippen LogP contribution >= 0.6 is 11.6 Å². The SMILES string of the molecule is COc1ccc(-n2c(/C=C/C(=O)Nc3ccc(C)cc3Cl)nc3ccccc32)cc1. The molecule has 0 aliphatic rings. The van der Waals surface area contributed by atoms with Crippen molar-refractivity contribution in [1.29, 1.82) is 0 Å². The molecule has 0 aliphatic carbocycles. The lowest BCUT2D eigenvalue weighted by atomic mass is 10.2. The van der Waals surface area contributed by atoms with Gasteiger partial charge in [-0.1, -0.05) is 29.8 Å². The minimum Gasteiger partial charge on any atom is -0.497 e. The Kier molecular flexibility index (Phi) is 5.55. The van der Waals surface area contributed by atoms with Gasteiger partial charge in [-0.25, -0.2) is 4.98 Å². The number of aromatic nitrogens is 2. The Balaban J connectivity index is 1.67. The molecule has 5 nitrogen and oxygen atoms in total. The summed E-state index contributed by atoms with van der Waals surface area (Å²) in [4.78, 5) is 17.1. The zero-order valence-corrected chi connectivity index (χ0v) is 17.4. The predicted molar refractivity (Wildman–Crippen MR) is 121 cm³/mol. The fraction of sp³-hybridized carbons (Fsp3) is 0.0833. The Morgan fingerprint density at radius 2 is 1.87 bits per heavy atom. The summed E-state index contributed by atoms with van der Waals surface area (Å²) < 4.78 is 7.25. The van der Waals surface area contributed by atoms with Gasteiger partial charge in [0.25, 0.3) is 0 Å². The molecule has 30 heavy (non-hydrogen) atoms. The molecule has 4 rings (SSSR count). The smallest absolute Gasteiger partial charge is 0.248 e. The van der Waals surface area contributed by atoms with E-state index in [9.17, 15) is 4.79 Å². The van der Waals surface area contributed by atoms with Crippen molar-refractivity contribution in [2.75, 3.05) is 12.4 Å². The standard InChI is InChI=1S/C24H20ClN3O2/c1-16-7-12-20(19(25)15-16)27-24(29)14-13-23-26-21-5-3-4-6-22(21)28(23)17-8-10-18(30-2)11-9-17/h3-15H,1-2H3,(H,27,29)/b14-13+. The number of carbonyl (C=O) groups excluding carboxylic acids is 1. The number of fused-ring (bicyclic) bond motifs is 1. The van der Waals surface area contributed by atoms with Crippen molar-refractivity contribution in [3.63, 3.8) is 0 Å². The highest BCUT2D eigenvalue weighted by Crippen LogP contribution is 2.25.